The molecule has 1 aliphatic rings. The third-order valence-corrected chi connectivity index (χ3v) is 3.07. The van der Waals surface area contributed by atoms with Crippen LogP contribution in [0.1, 0.15) is 46.5 Å². The third kappa shape index (κ3) is 4.55. The van der Waals surface area contributed by atoms with E-state index in [1.165, 1.54) is 12.8 Å². The lowest BCUT2D eigenvalue weighted by atomic mass is 10.0. The average Bonchev–Trinajstić information content (AvgIpc) is 3.09. The molecule has 0 heterocycles. The minimum Gasteiger partial charge on any atom is -0.377 e. The number of nitrogens with one attached hydrogen (secondary N) is 1. The van der Waals surface area contributed by atoms with Gasteiger partial charge in [0.05, 0.1) is 6.10 Å². The van der Waals surface area contributed by atoms with Crippen molar-refractivity contribution < 1.29 is 4.74 Å². The van der Waals surface area contributed by atoms with Crippen molar-refractivity contribution in [3.05, 3.63) is 0 Å². The van der Waals surface area contributed by atoms with Crippen molar-refractivity contribution in [3.63, 3.8) is 0 Å². The normalized spacial score (nSPS) is 18.7. The second-order valence-corrected chi connectivity index (χ2v) is 4.39. The molecule has 0 radical (unpaired) electrons. The Morgan fingerprint density at radius 1 is 1.38 bits per heavy atom. The lowest BCUT2D eigenvalue weighted by molar-refractivity contribution is 0.0178. The van der Waals surface area contributed by atoms with Crippen LogP contribution >= 0.6 is 0 Å². The molecule has 0 amide bonds. The number of rotatable bonds is 8. The third-order valence-electron chi connectivity index (χ3n) is 3.07. The predicted molar refractivity (Wildman–Crippen MR) is 68.3 cm³/mol. The fourth-order valence-electron chi connectivity index (χ4n) is 2.20. The van der Waals surface area contributed by atoms with E-state index in [4.69, 9.17) is 4.74 Å². The van der Waals surface area contributed by atoms with Gasteiger partial charge >= 0.3 is 0 Å². The van der Waals surface area contributed by atoms with Crippen LogP contribution in [0.5, 0.6) is 0 Å². The molecule has 2 heteroatoms. The van der Waals surface area contributed by atoms with Crippen LogP contribution in [0.3, 0.4) is 0 Å². The van der Waals surface area contributed by atoms with Crippen LogP contribution in [-0.4, -0.2) is 25.3 Å². The molecule has 0 saturated heterocycles. The number of hydrogen-bond donors (Lipinski definition) is 1. The zero-order chi connectivity index (χ0) is 11.8. The summed E-state index contributed by atoms with van der Waals surface area (Å²) in [6.07, 6.45) is 5.17. The Balaban J connectivity index is 2.45. The Kier molecular flexibility index (Phi) is 6.52. The Labute approximate surface area is 100 Å². The minimum absolute atomic E-state index is 0.406. The fraction of sp³-hybridized carbons (Fsp3) is 0.857. The molecule has 1 fully saturated rings. The van der Waals surface area contributed by atoms with E-state index < -0.39 is 0 Å². The van der Waals surface area contributed by atoms with E-state index in [1.54, 1.807) is 0 Å². The maximum Gasteiger partial charge on any atom is 0.0756 e. The summed E-state index contributed by atoms with van der Waals surface area (Å²) < 4.78 is 5.90. The molecular weight excluding hydrogens is 198 g/mol. The van der Waals surface area contributed by atoms with Crippen LogP contribution in [0.2, 0.25) is 0 Å². The van der Waals surface area contributed by atoms with Gasteiger partial charge in [0, 0.05) is 19.1 Å². The van der Waals surface area contributed by atoms with Crippen molar-refractivity contribution in [2.45, 2.75) is 58.6 Å². The molecule has 0 aromatic rings. The summed E-state index contributed by atoms with van der Waals surface area (Å²) in [6.45, 7) is 7.99. The van der Waals surface area contributed by atoms with E-state index in [0.717, 1.165) is 31.9 Å². The summed E-state index contributed by atoms with van der Waals surface area (Å²) in [7, 11) is 0. The van der Waals surface area contributed by atoms with Crippen LogP contribution in [0.4, 0.5) is 0 Å². The first-order valence-corrected chi connectivity index (χ1v) is 6.58. The summed E-state index contributed by atoms with van der Waals surface area (Å²) in [6, 6.07) is 0.485. The topological polar surface area (TPSA) is 21.3 Å². The Hall–Kier alpha value is -0.520. The summed E-state index contributed by atoms with van der Waals surface area (Å²) in [5.41, 5.74) is 0. The van der Waals surface area contributed by atoms with Crippen molar-refractivity contribution in [2.75, 3.05) is 13.2 Å². The molecule has 0 bridgehead atoms. The molecule has 0 spiro atoms. The standard InChI is InChI=1S/C14H25NO/c1-4-7-8-9-13(15-5-2)14(16-6-3)12-10-11-12/h12-15H,5-6,8-11H2,1-3H3. The molecule has 1 N–H and O–H groups in total. The van der Waals surface area contributed by atoms with E-state index in [-0.39, 0.29) is 0 Å². The summed E-state index contributed by atoms with van der Waals surface area (Å²) in [4.78, 5) is 0. The number of likely N-dealkylation sites (N-methyl/N-ethyl adjacent to an activating group) is 1. The van der Waals surface area contributed by atoms with Crippen molar-refractivity contribution in [3.8, 4) is 11.8 Å². The minimum atomic E-state index is 0.406. The highest BCUT2D eigenvalue weighted by molar-refractivity contribution is 4.98. The Morgan fingerprint density at radius 2 is 2.12 bits per heavy atom. The van der Waals surface area contributed by atoms with Crippen LogP contribution in [-0.2, 0) is 4.74 Å². The monoisotopic (exact) mass is 223 g/mol. The molecule has 16 heavy (non-hydrogen) atoms. The van der Waals surface area contributed by atoms with Gasteiger partial charge in [-0.25, -0.2) is 0 Å². The van der Waals surface area contributed by atoms with Crippen molar-refractivity contribution in [1.29, 1.82) is 0 Å². The molecule has 2 nitrogen and oxygen atoms in total. The highest BCUT2D eigenvalue weighted by Gasteiger charge is 2.36. The second kappa shape index (κ2) is 7.70. The van der Waals surface area contributed by atoms with Gasteiger partial charge in [-0.1, -0.05) is 6.92 Å². The highest BCUT2D eigenvalue weighted by atomic mass is 16.5. The van der Waals surface area contributed by atoms with Gasteiger partial charge in [-0.15, -0.1) is 11.8 Å². The van der Waals surface area contributed by atoms with E-state index in [9.17, 15) is 0 Å². The maximum absolute atomic E-state index is 5.90. The Bertz CT molecular complexity index is 237. The first-order chi connectivity index (χ1) is 7.83. The van der Waals surface area contributed by atoms with Crippen molar-refractivity contribution in [2.24, 2.45) is 5.92 Å². The van der Waals surface area contributed by atoms with Crippen molar-refractivity contribution in [1.82, 2.24) is 5.32 Å². The smallest absolute Gasteiger partial charge is 0.0756 e. The van der Waals surface area contributed by atoms with Gasteiger partial charge in [-0.05, 0) is 45.6 Å². The van der Waals surface area contributed by atoms with Crippen LogP contribution in [0.25, 0.3) is 0 Å². The van der Waals surface area contributed by atoms with E-state index in [2.05, 4.69) is 31.0 Å². The first-order valence-electron chi connectivity index (χ1n) is 6.58. The molecule has 1 saturated carbocycles. The van der Waals surface area contributed by atoms with Gasteiger partial charge in [-0.3, -0.25) is 0 Å². The Morgan fingerprint density at radius 3 is 2.62 bits per heavy atom. The van der Waals surface area contributed by atoms with Gasteiger partial charge in [0.15, 0.2) is 0 Å². The average molecular weight is 223 g/mol. The SMILES string of the molecule is CC#CCCC(NCC)C(OCC)C1CC1. The van der Waals surface area contributed by atoms with Gasteiger partial charge in [0.1, 0.15) is 0 Å². The predicted octanol–water partition coefficient (Wildman–Crippen LogP) is 2.58. The molecule has 0 aromatic carbocycles. The fourth-order valence-corrected chi connectivity index (χ4v) is 2.20. The van der Waals surface area contributed by atoms with E-state index >= 15 is 0 Å². The molecule has 1 rings (SSSR count). The zero-order valence-corrected chi connectivity index (χ0v) is 10.9. The van der Waals surface area contributed by atoms with Gasteiger partial charge in [0.25, 0.3) is 0 Å². The molecule has 0 aromatic heterocycles. The van der Waals surface area contributed by atoms with Gasteiger partial charge < -0.3 is 10.1 Å². The molecule has 0 aliphatic heterocycles. The lowest BCUT2D eigenvalue weighted by Crippen LogP contribution is -2.42. The van der Waals surface area contributed by atoms with Crippen molar-refractivity contribution >= 4 is 0 Å². The van der Waals surface area contributed by atoms with Crippen LogP contribution in [0.15, 0.2) is 0 Å². The number of hydrogen-bond acceptors (Lipinski definition) is 2. The molecule has 2 unspecified atom stereocenters. The highest BCUT2D eigenvalue weighted by Crippen LogP contribution is 2.36. The van der Waals surface area contributed by atoms with Gasteiger partial charge in [-0.2, -0.15) is 0 Å². The largest absolute Gasteiger partial charge is 0.377 e. The summed E-state index contributed by atoms with van der Waals surface area (Å²) >= 11 is 0. The lowest BCUT2D eigenvalue weighted by Gasteiger charge is -2.27. The van der Waals surface area contributed by atoms with E-state index in [1.807, 2.05) is 6.92 Å². The van der Waals surface area contributed by atoms with Gasteiger partial charge in [0.2, 0.25) is 0 Å². The summed E-state index contributed by atoms with van der Waals surface area (Å²) in [5.74, 6) is 6.90. The number of ether oxygens (including phenoxy) is 1. The molecule has 2 atom stereocenters. The second-order valence-electron chi connectivity index (χ2n) is 4.39. The first kappa shape index (κ1) is 13.5. The van der Waals surface area contributed by atoms with E-state index in [0.29, 0.717) is 12.1 Å². The zero-order valence-electron chi connectivity index (χ0n) is 10.9. The van der Waals surface area contributed by atoms with Crippen LogP contribution in [0, 0.1) is 17.8 Å². The molecule has 1 aliphatic carbocycles. The molecular formula is C14H25NO. The summed E-state index contributed by atoms with van der Waals surface area (Å²) in [5, 5.41) is 3.55. The maximum atomic E-state index is 5.90. The quantitative estimate of drug-likeness (QED) is 0.639. The van der Waals surface area contributed by atoms with Crippen LogP contribution < -0.4 is 5.32 Å². The molecule has 92 valence electrons.